The average molecular weight is 1000 g/mol. The Bertz CT molecular complexity index is 1380. The number of ether oxygens (including phenoxy) is 3. The maximum absolute atomic E-state index is 12.8. The second kappa shape index (κ2) is 60.1. The highest BCUT2D eigenvalue weighted by molar-refractivity contribution is 5.71. The molecule has 72 heavy (non-hydrogen) atoms. The minimum atomic E-state index is -0.803. The molecular formula is C66H114O6. The number of allylic oxidation sites excluding steroid dienone is 14. The number of hydrogen-bond acceptors (Lipinski definition) is 6. The lowest BCUT2D eigenvalue weighted by Crippen LogP contribution is -2.30. The molecule has 0 saturated carbocycles. The fourth-order valence-electron chi connectivity index (χ4n) is 8.61. The predicted octanol–water partition coefficient (Wildman–Crippen LogP) is 20.7. The minimum absolute atomic E-state index is 0.0967. The van der Waals surface area contributed by atoms with E-state index < -0.39 is 6.10 Å². The number of esters is 3. The summed E-state index contributed by atoms with van der Waals surface area (Å²) in [5.74, 6) is -0.955. The van der Waals surface area contributed by atoms with Gasteiger partial charge in [0.1, 0.15) is 13.2 Å². The van der Waals surface area contributed by atoms with E-state index in [9.17, 15) is 14.4 Å². The molecule has 0 aromatic rings. The Morgan fingerprint density at radius 3 is 0.833 bits per heavy atom. The van der Waals surface area contributed by atoms with Crippen LogP contribution in [0.2, 0.25) is 0 Å². The zero-order chi connectivity index (χ0) is 52.2. The molecule has 0 rings (SSSR count). The molecule has 0 bridgehead atoms. The first-order valence-corrected chi connectivity index (χ1v) is 30.6. The molecule has 0 aliphatic carbocycles. The summed E-state index contributed by atoms with van der Waals surface area (Å²) in [5, 5.41) is 0. The Hall–Kier alpha value is -3.41. The third-order valence-corrected chi connectivity index (χ3v) is 13.2. The summed E-state index contributed by atoms with van der Waals surface area (Å²) in [6.07, 6.45) is 79.1. The summed E-state index contributed by atoms with van der Waals surface area (Å²) in [6.45, 7) is 6.46. The minimum Gasteiger partial charge on any atom is -0.462 e. The van der Waals surface area contributed by atoms with E-state index >= 15 is 0 Å². The molecule has 0 radical (unpaired) electrons. The van der Waals surface area contributed by atoms with Gasteiger partial charge in [-0.2, -0.15) is 0 Å². The van der Waals surface area contributed by atoms with E-state index in [0.29, 0.717) is 19.3 Å². The smallest absolute Gasteiger partial charge is 0.306 e. The molecule has 0 saturated heterocycles. The lowest BCUT2D eigenvalue weighted by molar-refractivity contribution is -0.167. The molecule has 0 aliphatic rings. The second-order valence-corrected chi connectivity index (χ2v) is 20.2. The molecule has 0 fully saturated rings. The molecule has 1 unspecified atom stereocenters. The van der Waals surface area contributed by atoms with Crippen LogP contribution in [0.3, 0.4) is 0 Å². The van der Waals surface area contributed by atoms with E-state index in [4.69, 9.17) is 14.2 Å². The van der Waals surface area contributed by atoms with Crippen LogP contribution >= 0.6 is 0 Å². The van der Waals surface area contributed by atoms with Crippen molar-refractivity contribution in [3.05, 3.63) is 85.1 Å². The molecule has 0 aromatic heterocycles. The molecular weight excluding hydrogens is 889 g/mol. The SMILES string of the molecule is CC/C=C\C/C=C\C/C=C\C/C=C\C/C=C\C/C=C\C/C=C\CCCC(=O)OC(COC(=O)CCCCCCCCC)COC(=O)CCCCCCCCCCCCCCCCCCCCCCCCCC. The number of carbonyl (C=O) groups is 3. The van der Waals surface area contributed by atoms with E-state index in [2.05, 4.69) is 106 Å². The maximum Gasteiger partial charge on any atom is 0.306 e. The summed E-state index contributed by atoms with van der Waals surface area (Å²) >= 11 is 0. The fourth-order valence-corrected chi connectivity index (χ4v) is 8.61. The lowest BCUT2D eigenvalue weighted by atomic mass is 10.0. The van der Waals surface area contributed by atoms with E-state index in [1.165, 1.54) is 161 Å². The van der Waals surface area contributed by atoms with Crippen LogP contribution in [0.15, 0.2) is 85.1 Å². The monoisotopic (exact) mass is 1000 g/mol. The van der Waals surface area contributed by atoms with Gasteiger partial charge in [-0.3, -0.25) is 14.4 Å². The lowest BCUT2D eigenvalue weighted by Gasteiger charge is -2.18. The Kier molecular flexibility index (Phi) is 57.3. The van der Waals surface area contributed by atoms with Gasteiger partial charge in [0.25, 0.3) is 0 Å². The first kappa shape index (κ1) is 68.6. The maximum atomic E-state index is 12.8. The summed E-state index contributed by atoms with van der Waals surface area (Å²) in [7, 11) is 0. The van der Waals surface area contributed by atoms with Gasteiger partial charge < -0.3 is 14.2 Å². The van der Waals surface area contributed by atoms with Gasteiger partial charge in [0, 0.05) is 19.3 Å². The number of rotatable bonds is 55. The fraction of sp³-hybridized carbons (Fsp3) is 0.742. The zero-order valence-electron chi connectivity index (χ0n) is 47.4. The summed E-state index contributed by atoms with van der Waals surface area (Å²) < 4.78 is 16.8. The van der Waals surface area contributed by atoms with Crippen LogP contribution < -0.4 is 0 Å². The standard InChI is InChI=1S/C66H114O6/c1-4-7-10-13-16-18-20-22-24-26-28-30-32-34-35-37-39-41-43-45-47-50-53-56-59-65(68)71-62-63(61-70-64(67)58-55-52-49-15-12-9-6-3)72-66(69)60-57-54-51-48-46-44-42-40-38-36-33-31-29-27-25-23-21-19-17-14-11-8-5-2/h8,11,17,19,23,25,29,31,36,38,42,44,48,51,63H,4-7,9-10,12-16,18,20-22,24,26-28,30,32-35,37,39-41,43,45-47,49-50,52-62H2,1-3H3/b11-8-,19-17-,25-23-,31-29-,38-36-,44-42-,51-48-. The van der Waals surface area contributed by atoms with Crippen molar-refractivity contribution >= 4 is 17.9 Å². The van der Waals surface area contributed by atoms with Crippen LogP contribution in [0, 0.1) is 0 Å². The van der Waals surface area contributed by atoms with Gasteiger partial charge >= 0.3 is 17.9 Å². The molecule has 0 heterocycles. The Balaban J connectivity index is 4.23. The van der Waals surface area contributed by atoms with Crippen LogP contribution in [0.25, 0.3) is 0 Å². The molecule has 414 valence electrons. The molecule has 6 nitrogen and oxygen atoms in total. The predicted molar refractivity (Wildman–Crippen MR) is 311 cm³/mol. The van der Waals surface area contributed by atoms with Crippen molar-refractivity contribution < 1.29 is 28.6 Å². The Morgan fingerprint density at radius 1 is 0.292 bits per heavy atom. The van der Waals surface area contributed by atoms with E-state index in [1.54, 1.807) is 0 Å². The van der Waals surface area contributed by atoms with Crippen LogP contribution in [0.5, 0.6) is 0 Å². The summed E-state index contributed by atoms with van der Waals surface area (Å²) in [6, 6.07) is 0. The highest BCUT2D eigenvalue weighted by Crippen LogP contribution is 2.17. The van der Waals surface area contributed by atoms with Crippen LogP contribution in [-0.4, -0.2) is 37.2 Å². The second-order valence-electron chi connectivity index (χ2n) is 20.2. The van der Waals surface area contributed by atoms with Crippen LogP contribution in [0.1, 0.15) is 297 Å². The average Bonchev–Trinajstić information content (AvgIpc) is 3.38. The highest BCUT2D eigenvalue weighted by Gasteiger charge is 2.19. The van der Waals surface area contributed by atoms with Gasteiger partial charge in [-0.25, -0.2) is 0 Å². The van der Waals surface area contributed by atoms with Crippen molar-refractivity contribution in [1.29, 1.82) is 0 Å². The topological polar surface area (TPSA) is 78.9 Å². The highest BCUT2D eigenvalue weighted by atomic mass is 16.6. The van der Waals surface area contributed by atoms with Crippen molar-refractivity contribution in [2.24, 2.45) is 0 Å². The number of unbranched alkanes of at least 4 members (excludes halogenated alkanes) is 30. The third-order valence-electron chi connectivity index (χ3n) is 13.2. The molecule has 0 spiro atoms. The normalized spacial score (nSPS) is 12.7. The summed E-state index contributed by atoms with van der Waals surface area (Å²) in [5.41, 5.74) is 0. The van der Waals surface area contributed by atoms with Gasteiger partial charge in [-0.1, -0.05) is 292 Å². The van der Waals surface area contributed by atoms with Crippen molar-refractivity contribution in [3.8, 4) is 0 Å². The Labute approximate surface area is 445 Å². The first-order chi connectivity index (χ1) is 35.5. The van der Waals surface area contributed by atoms with Crippen molar-refractivity contribution in [1.82, 2.24) is 0 Å². The zero-order valence-corrected chi connectivity index (χ0v) is 47.4. The van der Waals surface area contributed by atoms with E-state index in [1.807, 2.05) is 0 Å². The van der Waals surface area contributed by atoms with Crippen LogP contribution in [0.4, 0.5) is 0 Å². The van der Waals surface area contributed by atoms with Crippen molar-refractivity contribution in [3.63, 3.8) is 0 Å². The van der Waals surface area contributed by atoms with Gasteiger partial charge in [-0.05, 0) is 70.6 Å². The third kappa shape index (κ3) is 57.5. The van der Waals surface area contributed by atoms with Crippen molar-refractivity contribution in [2.75, 3.05) is 13.2 Å². The van der Waals surface area contributed by atoms with Gasteiger partial charge in [-0.15, -0.1) is 0 Å². The molecule has 0 aliphatic heterocycles. The van der Waals surface area contributed by atoms with Crippen LogP contribution in [-0.2, 0) is 28.6 Å². The molecule has 0 aromatic carbocycles. The first-order valence-electron chi connectivity index (χ1n) is 30.6. The molecule has 0 amide bonds. The van der Waals surface area contributed by atoms with E-state index in [0.717, 1.165) is 89.9 Å². The van der Waals surface area contributed by atoms with Gasteiger partial charge in [0.2, 0.25) is 0 Å². The number of carbonyl (C=O) groups excluding carboxylic acids is 3. The van der Waals surface area contributed by atoms with E-state index in [-0.39, 0.29) is 37.5 Å². The number of hydrogen-bond donors (Lipinski definition) is 0. The molecule has 0 N–H and O–H groups in total. The van der Waals surface area contributed by atoms with Gasteiger partial charge in [0.15, 0.2) is 6.10 Å². The largest absolute Gasteiger partial charge is 0.462 e. The van der Waals surface area contributed by atoms with Crippen molar-refractivity contribution in [2.45, 2.75) is 303 Å². The summed E-state index contributed by atoms with van der Waals surface area (Å²) in [4.78, 5) is 38.0. The molecule has 1 atom stereocenters. The molecule has 6 heteroatoms. The van der Waals surface area contributed by atoms with Gasteiger partial charge in [0.05, 0.1) is 0 Å². The Morgan fingerprint density at radius 2 is 0.542 bits per heavy atom. The quantitative estimate of drug-likeness (QED) is 0.0261.